The average Bonchev–Trinajstić information content (AvgIpc) is 2.02. The molecule has 0 spiro atoms. The van der Waals surface area contributed by atoms with Crippen LogP contribution in [0.4, 0.5) is 0 Å². The highest BCUT2D eigenvalue weighted by atomic mass is 79.9. The minimum absolute atomic E-state index is 0.590. The average molecular weight is 258 g/mol. The fourth-order valence-electron chi connectivity index (χ4n) is 1.34. The first-order valence-corrected chi connectivity index (χ1v) is 4.96. The Morgan fingerprint density at radius 1 is 1.50 bits per heavy atom. The molecule has 1 aromatic carbocycles. The molecule has 0 bridgehead atoms. The lowest BCUT2D eigenvalue weighted by Crippen LogP contribution is -2.27. The number of nitrogens with zero attached hydrogens (tertiary/aromatic N) is 1. The Labute approximate surface area is 91.5 Å². The van der Waals surface area contributed by atoms with E-state index in [4.69, 9.17) is 5.11 Å². The van der Waals surface area contributed by atoms with Crippen LogP contribution in [0.5, 0.6) is 0 Å². The van der Waals surface area contributed by atoms with Crippen LogP contribution in [0.3, 0.4) is 0 Å². The van der Waals surface area contributed by atoms with E-state index in [1.807, 2.05) is 24.3 Å². The summed E-state index contributed by atoms with van der Waals surface area (Å²) in [5.74, 6) is -0.840. The van der Waals surface area contributed by atoms with E-state index in [1.54, 1.807) is 19.0 Å². The Morgan fingerprint density at radius 2 is 2.14 bits per heavy atom. The van der Waals surface area contributed by atoms with Gasteiger partial charge in [0, 0.05) is 4.47 Å². The number of rotatable bonds is 3. The molecule has 14 heavy (non-hydrogen) atoms. The van der Waals surface area contributed by atoms with Gasteiger partial charge in [-0.3, -0.25) is 9.69 Å². The smallest absolute Gasteiger partial charge is 0.325 e. The van der Waals surface area contributed by atoms with Crippen molar-refractivity contribution in [1.29, 1.82) is 0 Å². The van der Waals surface area contributed by atoms with Crippen molar-refractivity contribution in [3.63, 3.8) is 0 Å². The van der Waals surface area contributed by atoms with Gasteiger partial charge in [0.25, 0.3) is 0 Å². The van der Waals surface area contributed by atoms with Crippen LogP contribution in [0.15, 0.2) is 28.7 Å². The van der Waals surface area contributed by atoms with Crippen LogP contribution in [0.2, 0.25) is 0 Å². The summed E-state index contributed by atoms with van der Waals surface area (Å²) in [6.07, 6.45) is 0. The highest BCUT2D eigenvalue weighted by Crippen LogP contribution is 2.21. The van der Waals surface area contributed by atoms with Gasteiger partial charge < -0.3 is 5.11 Å². The number of benzene rings is 1. The van der Waals surface area contributed by atoms with Crippen molar-refractivity contribution in [2.24, 2.45) is 0 Å². The van der Waals surface area contributed by atoms with Gasteiger partial charge >= 0.3 is 5.97 Å². The van der Waals surface area contributed by atoms with Crippen molar-refractivity contribution in [1.82, 2.24) is 4.90 Å². The zero-order valence-electron chi connectivity index (χ0n) is 8.07. The minimum Gasteiger partial charge on any atom is -0.480 e. The zero-order chi connectivity index (χ0) is 10.7. The van der Waals surface area contributed by atoms with Crippen LogP contribution in [0, 0.1) is 0 Å². The third-order valence-corrected chi connectivity index (χ3v) is 2.41. The Morgan fingerprint density at radius 3 is 2.57 bits per heavy atom. The van der Waals surface area contributed by atoms with E-state index in [9.17, 15) is 4.79 Å². The molecule has 1 aromatic rings. The summed E-state index contributed by atoms with van der Waals surface area (Å²) in [5, 5.41) is 9.03. The molecule has 0 amide bonds. The third kappa shape index (κ3) is 2.56. The second kappa shape index (κ2) is 4.57. The van der Waals surface area contributed by atoms with Crippen LogP contribution in [-0.2, 0) is 4.79 Å². The van der Waals surface area contributed by atoms with Crippen molar-refractivity contribution >= 4 is 21.9 Å². The standard InChI is InChI=1S/C10H12BrNO2/c1-12(2)9(10(13)14)7-4-3-5-8(11)6-7/h3-6,9H,1-2H3,(H,13,14)/t9-/m0/s1. The van der Waals surface area contributed by atoms with Crippen LogP contribution >= 0.6 is 15.9 Å². The lowest BCUT2D eigenvalue weighted by molar-refractivity contribution is -0.142. The molecule has 4 heteroatoms. The molecule has 0 unspecified atom stereocenters. The number of aliphatic carboxylic acids is 1. The van der Waals surface area contributed by atoms with Crippen LogP contribution in [0.25, 0.3) is 0 Å². The second-order valence-electron chi connectivity index (χ2n) is 3.26. The van der Waals surface area contributed by atoms with Gasteiger partial charge in [-0.1, -0.05) is 28.1 Å². The molecule has 1 N–H and O–H groups in total. The van der Waals surface area contributed by atoms with Gasteiger partial charge in [0.1, 0.15) is 6.04 Å². The van der Waals surface area contributed by atoms with Crippen molar-refractivity contribution in [2.75, 3.05) is 14.1 Å². The Hall–Kier alpha value is -0.870. The molecule has 1 rings (SSSR count). The monoisotopic (exact) mass is 257 g/mol. The number of halogens is 1. The highest BCUT2D eigenvalue weighted by Gasteiger charge is 2.21. The van der Waals surface area contributed by atoms with E-state index in [-0.39, 0.29) is 0 Å². The number of carboxylic acids is 1. The summed E-state index contributed by atoms with van der Waals surface area (Å²) in [7, 11) is 3.50. The molecule has 0 aliphatic heterocycles. The van der Waals surface area contributed by atoms with Gasteiger partial charge in [0.2, 0.25) is 0 Å². The number of hydrogen-bond donors (Lipinski definition) is 1. The summed E-state index contributed by atoms with van der Waals surface area (Å²) in [4.78, 5) is 12.7. The normalized spacial score (nSPS) is 12.9. The van der Waals surface area contributed by atoms with E-state index < -0.39 is 12.0 Å². The maximum Gasteiger partial charge on any atom is 0.325 e. The zero-order valence-corrected chi connectivity index (χ0v) is 9.65. The van der Waals surface area contributed by atoms with Gasteiger partial charge in [0.05, 0.1) is 0 Å². The van der Waals surface area contributed by atoms with Crippen LogP contribution in [-0.4, -0.2) is 30.1 Å². The Bertz CT molecular complexity index is 339. The van der Waals surface area contributed by atoms with Crippen LogP contribution < -0.4 is 0 Å². The molecular formula is C10H12BrNO2. The number of likely N-dealkylation sites (N-methyl/N-ethyl adjacent to an activating group) is 1. The number of hydrogen-bond acceptors (Lipinski definition) is 2. The summed E-state index contributed by atoms with van der Waals surface area (Å²) < 4.78 is 0.892. The van der Waals surface area contributed by atoms with Crippen molar-refractivity contribution in [3.05, 3.63) is 34.3 Å². The molecule has 3 nitrogen and oxygen atoms in total. The van der Waals surface area contributed by atoms with Gasteiger partial charge in [-0.25, -0.2) is 0 Å². The second-order valence-corrected chi connectivity index (χ2v) is 4.18. The predicted octanol–water partition coefficient (Wildman–Crippen LogP) is 2.14. The topological polar surface area (TPSA) is 40.5 Å². The summed E-state index contributed by atoms with van der Waals surface area (Å²) in [6.45, 7) is 0. The van der Waals surface area contributed by atoms with Crippen molar-refractivity contribution in [3.8, 4) is 0 Å². The maximum atomic E-state index is 11.0. The fraction of sp³-hybridized carbons (Fsp3) is 0.300. The van der Waals surface area contributed by atoms with Gasteiger partial charge in [-0.2, -0.15) is 0 Å². The number of carboxylic acid groups (broad SMARTS) is 1. The van der Waals surface area contributed by atoms with E-state index in [1.165, 1.54) is 0 Å². The quantitative estimate of drug-likeness (QED) is 0.902. The number of carbonyl (C=O) groups is 1. The first kappa shape index (κ1) is 11.2. The fourth-order valence-corrected chi connectivity index (χ4v) is 1.76. The van der Waals surface area contributed by atoms with E-state index in [2.05, 4.69) is 15.9 Å². The molecule has 0 aromatic heterocycles. The largest absolute Gasteiger partial charge is 0.480 e. The lowest BCUT2D eigenvalue weighted by Gasteiger charge is -2.20. The molecule has 0 saturated carbocycles. The van der Waals surface area contributed by atoms with E-state index in [0.29, 0.717) is 0 Å². The summed E-state index contributed by atoms with van der Waals surface area (Å²) in [6, 6.07) is 6.74. The predicted molar refractivity (Wildman–Crippen MR) is 58.2 cm³/mol. The van der Waals surface area contributed by atoms with Gasteiger partial charge in [0.15, 0.2) is 0 Å². The molecule has 0 aliphatic carbocycles. The van der Waals surface area contributed by atoms with Crippen molar-refractivity contribution in [2.45, 2.75) is 6.04 Å². The highest BCUT2D eigenvalue weighted by molar-refractivity contribution is 9.10. The van der Waals surface area contributed by atoms with Gasteiger partial charge in [-0.15, -0.1) is 0 Å². The minimum atomic E-state index is -0.840. The Kier molecular flexibility index (Phi) is 3.66. The van der Waals surface area contributed by atoms with Crippen LogP contribution in [0.1, 0.15) is 11.6 Å². The molecule has 0 aliphatic rings. The van der Waals surface area contributed by atoms with E-state index in [0.717, 1.165) is 10.0 Å². The third-order valence-electron chi connectivity index (χ3n) is 1.91. The summed E-state index contributed by atoms with van der Waals surface area (Å²) >= 11 is 3.32. The molecule has 0 radical (unpaired) electrons. The summed E-state index contributed by atoms with van der Waals surface area (Å²) in [5.41, 5.74) is 0.775. The van der Waals surface area contributed by atoms with E-state index >= 15 is 0 Å². The molecule has 1 atom stereocenters. The first-order valence-electron chi connectivity index (χ1n) is 4.17. The maximum absolute atomic E-state index is 11.0. The first-order chi connectivity index (χ1) is 6.52. The van der Waals surface area contributed by atoms with Gasteiger partial charge in [-0.05, 0) is 31.8 Å². The Balaban J connectivity index is 3.05. The molecule has 0 saturated heterocycles. The lowest BCUT2D eigenvalue weighted by atomic mass is 10.1. The molecule has 0 fully saturated rings. The molecular weight excluding hydrogens is 246 g/mol. The van der Waals surface area contributed by atoms with Crippen molar-refractivity contribution < 1.29 is 9.90 Å². The SMILES string of the molecule is CN(C)[C@H](C(=O)O)c1cccc(Br)c1. The molecule has 76 valence electrons. The molecule has 0 heterocycles.